The highest BCUT2D eigenvalue weighted by molar-refractivity contribution is 5.92. The van der Waals surface area contributed by atoms with E-state index < -0.39 is 0 Å². The Morgan fingerprint density at radius 1 is 1.43 bits per heavy atom. The highest BCUT2D eigenvalue weighted by atomic mass is 16.1. The van der Waals surface area contributed by atoms with Gasteiger partial charge in [0.25, 0.3) is 5.91 Å². The Morgan fingerprint density at radius 2 is 2.10 bits per heavy atom. The summed E-state index contributed by atoms with van der Waals surface area (Å²) in [6.45, 7) is 11.6. The predicted molar refractivity (Wildman–Crippen MR) is 86.5 cm³/mol. The molecule has 1 unspecified atom stereocenters. The molecule has 1 fully saturated rings. The van der Waals surface area contributed by atoms with E-state index in [1.165, 1.54) is 0 Å². The minimum absolute atomic E-state index is 0.0506. The van der Waals surface area contributed by atoms with Crippen LogP contribution in [0.4, 0.5) is 0 Å². The van der Waals surface area contributed by atoms with Gasteiger partial charge in [0.05, 0.1) is 0 Å². The minimum Gasteiger partial charge on any atom is -0.350 e. The third-order valence-corrected chi connectivity index (χ3v) is 4.76. The zero-order valence-electron chi connectivity index (χ0n) is 13.8. The Balaban J connectivity index is 1.98. The van der Waals surface area contributed by atoms with Gasteiger partial charge in [-0.3, -0.25) is 4.79 Å². The molecule has 0 radical (unpaired) electrons. The number of rotatable bonds is 4. The van der Waals surface area contributed by atoms with Crippen LogP contribution in [0.15, 0.2) is 18.3 Å². The van der Waals surface area contributed by atoms with Gasteiger partial charge in [0.15, 0.2) is 0 Å². The second-order valence-electron chi connectivity index (χ2n) is 7.26. The molecule has 1 aromatic heterocycles. The van der Waals surface area contributed by atoms with Crippen LogP contribution in [-0.4, -0.2) is 30.1 Å². The highest BCUT2D eigenvalue weighted by Crippen LogP contribution is 2.25. The summed E-state index contributed by atoms with van der Waals surface area (Å²) in [5.41, 5.74) is 1.01. The van der Waals surface area contributed by atoms with Gasteiger partial charge in [0.1, 0.15) is 5.69 Å². The van der Waals surface area contributed by atoms with Crippen LogP contribution < -0.4 is 10.6 Å². The SMILES string of the molecule is CC(CNC(=O)c1cccn1C1CCNCC1)C(C)(C)C. The lowest BCUT2D eigenvalue weighted by Crippen LogP contribution is -2.36. The van der Waals surface area contributed by atoms with Gasteiger partial charge in [-0.05, 0) is 49.4 Å². The fourth-order valence-corrected chi connectivity index (χ4v) is 2.63. The Hall–Kier alpha value is -1.29. The number of nitrogens with zero attached hydrogens (tertiary/aromatic N) is 1. The Bertz CT molecular complexity index is 467. The van der Waals surface area contributed by atoms with E-state index in [2.05, 4.69) is 42.9 Å². The van der Waals surface area contributed by atoms with Crippen molar-refractivity contribution in [3.8, 4) is 0 Å². The third kappa shape index (κ3) is 4.10. The maximum Gasteiger partial charge on any atom is 0.267 e. The zero-order chi connectivity index (χ0) is 15.5. The van der Waals surface area contributed by atoms with Crippen molar-refractivity contribution in [1.82, 2.24) is 15.2 Å². The number of piperidine rings is 1. The van der Waals surface area contributed by atoms with Crippen LogP contribution in [0.2, 0.25) is 0 Å². The first kappa shape index (κ1) is 16.1. The highest BCUT2D eigenvalue weighted by Gasteiger charge is 2.23. The van der Waals surface area contributed by atoms with Gasteiger partial charge >= 0.3 is 0 Å². The largest absolute Gasteiger partial charge is 0.350 e. The van der Waals surface area contributed by atoms with Crippen LogP contribution in [0.1, 0.15) is 57.1 Å². The molecule has 0 spiro atoms. The summed E-state index contributed by atoms with van der Waals surface area (Å²) in [7, 11) is 0. The quantitative estimate of drug-likeness (QED) is 0.896. The van der Waals surface area contributed by atoms with Crippen molar-refractivity contribution >= 4 is 5.91 Å². The molecule has 1 aromatic rings. The van der Waals surface area contributed by atoms with Crippen molar-refractivity contribution in [1.29, 1.82) is 0 Å². The van der Waals surface area contributed by atoms with Crippen molar-refractivity contribution in [3.05, 3.63) is 24.0 Å². The average molecular weight is 291 g/mol. The molecule has 0 aliphatic carbocycles. The summed E-state index contributed by atoms with van der Waals surface area (Å²) < 4.78 is 2.15. The summed E-state index contributed by atoms with van der Waals surface area (Å²) in [5.74, 6) is 0.498. The third-order valence-electron chi connectivity index (χ3n) is 4.76. The molecule has 0 saturated carbocycles. The Kier molecular flexibility index (Phi) is 5.09. The summed E-state index contributed by atoms with van der Waals surface area (Å²) in [6.07, 6.45) is 4.22. The molecule has 1 aliphatic rings. The molecular formula is C17H29N3O. The molecule has 4 nitrogen and oxygen atoms in total. The predicted octanol–water partition coefficient (Wildman–Crippen LogP) is 2.82. The maximum absolute atomic E-state index is 12.5. The van der Waals surface area contributed by atoms with Crippen LogP contribution >= 0.6 is 0 Å². The van der Waals surface area contributed by atoms with Crippen LogP contribution in [0.5, 0.6) is 0 Å². The standard InChI is InChI=1S/C17H29N3O/c1-13(17(2,3)4)12-19-16(21)15-6-5-11-20(15)14-7-9-18-10-8-14/h5-6,11,13-14,18H,7-10,12H2,1-4H3,(H,19,21). The second kappa shape index (κ2) is 6.65. The Morgan fingerprint density at radius 3 is 2.71 bits per heavy atom. The van der Waals surface area contributed by atoms with Crippen LogP contribution in [0, 0.1) is 11.3 Å². The number of amides is 1. The number of carbonyl (C=O) groups is 1. The van der Waals surface area contributed by atoms with Crippen molar-refractivity contribution in [2.75, 3.05) is 19.6 Å². The molecule has 1 aliphatic heterocycles. The lowest BCUT2D eigenvalue weighted by atomic mass is 9.82. The van der Waals surface area contributed by atoms with E-state index in [0.717, 1.165) is 38.2 Å². The number of hydrogen-bond donors (Lipinski definition) is 2. The van der Waals surface area contributed by atoms with Gasteiger partial charge < -0.3 is 15.2 Å². The summed E-state index contributed by atoms with van der Waals surface area (Å²) in [5, 5.41) is 6.46. The summed E-state index contributed by atoms with van der Waals surface area (Å²) >= 11 is 0. The normalized spacial score (nSPS) is 18.5. The molecule has 1 saturated heterocycles. The van der Waals surface area contributed by atoms with E-state index in [1.807, 2.05) is 18.3 Å². The molecule has 0 aromatic carbocycles. The van der Waals surface area contributed by atoms with Crippen LogP contribution in [0.3, 0.4) is 0 Å². The topological polar surface area (TPSA) is 46.1 Å². The molecule has 2 rings (SSSR count). The first-order valence-corrected chi connectivity index (χ1v) is 8.05. The van der Waals surface area contributed by atoms with E-state index in [9.17, 15) is 4.79 Å². The first-order valence-electron chi connectivity index (χ1n) is 8.05. The Labute approximate surface area is 128 Å². The molecule has 1 atom stereocenters. The van der Waals surface area contributed by atoms with Gasteiger partial charge in [0, 0.05) is 18.8 Å². The zero-order valence-corrected chi connectivity index (χ0v) is 13.8. The van der Waals surface area contributed by atoms with Crippen molar-refractivity contribution < 1.29 is 4.79 Å². The molecular weight excluding hydrogens is 262 g/mol. The molecule has 2 N–H and O–H groups in total. The minimum atomic E-state index is 0.0506. The van der Waals surface area contributed by atoms with E-state index in [0.29, 0.717) is 12.0 Å². The molecule has 4 heteroatoms. The van der Waals surface area contributed by atoms with Crippen molar-refractivity contribution in [3.63, 3.8) is 0 Å². The van der Waals surface area contributed by atoms with Gasteiger partial charge in [-0.1, -0.05) is 27.7 Å². The summed E-state index contributed by atoms with van der Waals surface area (Å²) in [6, 6.07) is 4.35. The lowest BCUT2D eigenvalue weighted by Gasteiger charge is -2.28. The smallest absolute Gasteiger partial charge is 0.267 e. The van der Waals surface area contributed by atoms with Gasteiger partial charge in [-0.2, -0.15) is 0 Å². The van der Waals surface area contributed by atoms with E-state index in [4.69, 9.17) is 0 Å². The van der Waals surface area contributed by atoms with Gasteiger partial charge in [-0.15, -0.1) is 0 Å². The van der Waals surface area contributed by atoms with Gasteiger partial charge in [0.2, 0.25) is 0 Å². The molecule has 0 bridgehead atoms. The molecule has 2 heterocycles. The second-order valence-corrected chi connectivity index (χ2v) is 7.26. The van der Waals surface area contributed by atoms with Crippen molar-refractivity contribution in [2.24, 2.45) is 11.3 Å². The van der Waals surface area contributed by atoms with Crippen molar-refractivity contribution in [2.45, 2.75) is 46.6 Å². The van der Waals surface area contributed by atoms with E-state index in [-0.39, 0.29) is 11.3 Å². The van der Waals surface area contributed by atoms with E-state index >= 15 is 0 Å². The number of aromatic nitrogens is 1. The van der Waals surface area contributed by atoms with Crippen LogP contribution in [-0.2, 0) is 0 Å². The molecule has 118 valence electrons. The van der Waals surface area contributed by atoms with E-state index in [1.54, 1.807) is 0 Å². The number of carbonyl (C=O) groups excluding carboxylic acids is 1. The van der Waals surface area contributed by atoms with Crippen LogP contribution in [0.25, 0.3) is 0 Å². The van der Waals surface area contributed by atoms with Gasteiger partial charge in [-0.25, -0.2) is 0 Å². The molecule has 1 amide bonds. The maximum atomic E-state index is 12.5. The number of hydrogen-bond acceptors (Lipinski definition) is 2. The molecule has 21 heavy (non-hydrogen) atoms. The monoisotopic (exact) mass is 291 g/mol. The average Bonchev–Trinajstić information content (AvgIpc) is 2.93. The fraction of sp³-hybridized carbons (Fsp3) is 0.706. The first-order chi connectivity index (χ1) is 9.89. The summed E-state index contributed by atoms with van der Waals surface area (Å²) in [4.78, 5) is 12.5. The number of nitrogens with one attached hydrogen (secondary N) is 2. The lowest BCUT2D eigenvalue weighted by molar-refractivity contribution is 0.0924. The fourth-order valence-electron chi connectivity index (χ4n) is 2.63.